The van der Waals surface area contributed by atoms with Crippen LogP contribution in [-0.4, -0.2) is 5.11 Å². The molecule has 2 rings (SSSR count). The zero-order valence-corrected chi connectivity index (χ0v) is 11.4. The predicted molar refractivity (Wildman–Crippen MR) is 75.5 cm³/mol. The molecule has 0 aromatic heterocycles. The number of halogens is 2. The van der Waals surface area contributed by atoms with Gasteiger partial charge in [-0.1, -0.05) is 18.2 Å². The van der Waals surface area contributed by atoms with E-state index in [-0.39, 0.29) is 17.7 Å². The highest BCUT2D eigenvalue weighted by atomic mass is 19.1. The van der Waals surface area contributed by atoms with Gasteiger partial charge in [-0.15, -0.1) is 0 Å². The molecule has 0 saturated carbocycles. The lowest BCUT2D eigenvalue weighted by Gasteiger charge is -2.14. The molecule has 0 aliphatic carbocycles. The van der Waals surface area contributed by atoms with E-state index < -0.39 is 17.7 Å². The monoisotopic (exact) mass is 288 g/mol. The maximum absolute atomic E-state index is 13.8. The summed E-state index contributed by atoms with van der Waals surface area (Å²) in [5, 5.41) is 21.2. The molecule has 108 valence electrons. The zero-order chi connectivity index (χ0) is 15.4. The summed E-state index contributed by atoms with van der Waals surface area (Å²) in [5.41, 5.74) is 1.05. The normalized spacial score (nSPS) is 11.8. The standard InChI is InChI=1S/C16H14F2N2O/c1-10(21)12-4-2-3-5-16(12)20-9-13-14(17)6-11(8-19)7-15(13)18/h2-7,10,20-21H,9H2,1H3. The fourth-order valence-electron chi connectivity index (χ4n) is 2.04. The SMILES string of the molecule is CC(O)c1ccccc1NCc1c(F)cc(C#N)cc1F. The van der Waals surface area contributed by atoms with Crippen molar-refractivity contribution < 1.29 is 13.9 Å². The lowest BCUT2D eigenvalue weighted by atomic mass is 10.1. The van der Waals surface area contributed by atoms with Gasteiger partial charge in [-0.3, -0.25) is 0 Å². The van der Waals surface area contributed by atoms with E-state index in [1.807, 2.05) is 0 Å². The summed E-state index contributed by atoms with van der Waals surface area (Å²) < 4.78 is 27.6. The van der Waals surface area contributed by atoms with Crippen molar-refractivity contribution in [2.45, 2.75) is 19.6 Å². The van der Waals surface area contributed by atoms with E-state index in [1.54, 1.807) is 37.3 Å². The van der Waals surface area contributed by atoms with Crippen molar-refractivity contribution in [3.8, 4) is 6.07 Å². The van der Waals surface area contributed by atoms with E-state index in [2.05, 4.69) is 5.32 Å². The van der Waals surface area contributed by atoms with Crippen LogP contribution < -0.4 is 5.32 Å². The summed E-state index contributed by atoms with van der Waals surface area (Å²) in [6, 6.07) is 10.7. The molecule has 0 radical (unpaired) electrons. The number of para-hydroxylation sites is 1. The average Bonchev–Trinajstić information content (AvgIpc) is 2.46. The van der Waals surface area contributed by atoms with Gasteiger partial charge < -0.3 is 10.4 Å². The number of rotatable bonds is 4. The Morgan fingerprint density at radius 2 is 1.86 bits per heavy atom. The van der Waals surface area contributed by atoms with E-state index in [1.165, 1.54) is 0 Å². The molecule has 0 amide bonds. The molecule has 0 aliphatic rings. The summed E-state index contributed by atoms with van der Waals surface area (Å²) in [6.45, 7) is 1.54. The van der Waals surface area contributed by atoms with Gasteiger partial charge in [0.2, 0.25) is 0 Å². The Kier molecular flexibility index (Phi) is 4.51. The zero-order valence-electron chi connectivity index (χ0n) is 11.4. The smallest absolute Gasteiger partial charge is 0.132 e. The van der Waals surface area contributed by atoms with E-state index in [0.29, 0.717) is 11.3 Å². The van der Waals surface area contributed by atoms with Gasteiger partial charge >= 0.3 is 0 Å². The quantitative estimate of drug-likeness (QED) is 0.905. The van der Waals surface area contributed by atoms with Crippen molar-refractivity contribution in [1.29, 1.82) is 5.26 Å². The highest BCUT2D eigenvalue weighted by Gasteiger charge is 2.12. The minimum absolute atomic E-state index is 0.0573. The first-order valence-corrected chi connectivity index (χ1v) is 6.41. The summed E-state index contributed by atoms with van der Waals surface area (Å²) in [4.78, 5) is 0. The fourth-order valence-corrected chi connectivity index (χ4v) is 2.04. The van der Waals surface area contributed by atoms with Crippen LogP contribution in [0.3, 0.4) is 0 Å². The van der Waals surface area contributed by atoms with Gasteiger partial charge in [-0.25, -0.2) is 8.78 Å². The van der Waals surface area contributed by atoms with E-state index in [0.717, 1.165) is 12.1 Å². The number of nitriles is 1. The average molecular weight is 288 g/mol. The molecule has 21 heavy (non-hydrogen) atoms. The molecule has 2 aromatic carbocycles. The van der Waals surface area contributed by atoms with Crippen LogP contribution in [0.5, 0.6) is 0 Å². The second-order valence-electron chi connectivity index (χ2n) is 4.65. The first-order valence-electron chi connectivity index (χ1n) is 6.41. The number of hydrogen-bond acceptors (Lipinski definition) is 3. The predicted octanol–water partition coefficient (Wildman–Crippen LogP) is 3.50. The molecule has 2 aromatic rings. The lowest BCUT2D eigenvalue weighted by Crippen LogP contribution is -2.08. The molecule has 0 saturated heterocycles. The second kappa shape index (κ2) is 6.33. The van der Waals surface area contributed by atoms with Crippen LogP contribution in [0.2, 0.25) is 0 Å². The van der Waals surface area contributed by atoms with E-state index >= 15 is 0 Å². The van der Waals surface area contributed by atoms with Gasteiger partial charge in [0.05, 0.1) is 17.7 Å². The molecule has 1 atom stereocenters. The third-order valence-electron chi connectivity index (χ3n) is 3.14. The highest BCUT2D eigenvalue weighted by Crippen LogP contribution is 2.24. The fraction of sp³-hybridized carbons (Fsp3) is 0.188. The number of benzene rings is 2. The van der Waals surface area contributed by atoms with Crippen molar-refractivity contribution in [3.05, 3.63) is 64.7 Å². The van der Waals surface area contributed by atoms with E-state index in [9.17, 15) is 13.9 Å². The van der Waals surface area contributed by atoms with Crippen LogP contribution in [-0.2, 0) is 6.54 Å². The summed E-state index contributed by atoms with van der Waals surface area (Å²) in [6.07, 6.45) is -0.690. The van der Waals surface area contributed by atoms with Crippen LogP contribution in [0.1, 0.15) is 29.7 Å². The molecule has 3 nitrogen and oxygen atoms in total. The highest BCUT2D eigenvalue weighted by molar-refractivity contribution is 5.52. The third-order valence-corrected chi connectivity index (χ3v) is 3.14. The number of nitrogens with zero attached hydrogens (tertiary/aromatic N) is 1. The van der Waals surface area contributed by atoms with Gasteiger partial charge in [0, 0.05) is 23.4 Å². The van der Waals surface area contributed by atoms with Gasteiger partial charge in [0.25, 0.3) is 0 Å². The molecule has 1 unspecified atom stereocenters. The van der Waals surface area contributed by atoms with Crippen molar-refractivity contribution in [3.63, 3.8) is 0 Å². The van der Waals surface area contributed by atoms with Gasteiger partial charge in [-0.05, 0) is 25.1 Å². The first-order chi connectivity index (χ1) is 10.0. The van der Waals surface area contributed by atoms with Gasteiger partial charge in [0.1, 0.15) is 11.6 Å². The maximum atomic E-state index is 13.8. The van der Waals surface area contributed by atoms with Gasteiger partial charge in [-0.2, -0.15) is 5.26 Å². The first kappa shape index (κ1) is 14.9. The van der Waals surface area contributed by atoms with Crippen molar-refractivity contribution in [2.75, 3.05) is 5.32 Å². The number of nitrogens with one attached hydrogen (secondary N) is 1. The second-order valence-corrected chi connectivity index (χ2v) is 4.65. The third kappa shape index (κ3) is 3.36. The Hall–Kier alpha value is -2.45. The van der Waals surface area contributed by atoms with Crippen LogP contribution >= 0.6 is 0 Å². The van der Waals surface area contributed by atoms with Crippen molar-refractivity contribution in [1.82, 2.24) is 0 Å². The molecule has 0 aliphatic heterocycles. The largest absolute Gasteiger partial charge is 0.389 e. The van der Waals surface area contributed by atoms with Crippen LogP contribution in [0.15, 0.2) is 36.4 Å². The Bertz CT molecular complexity index is 670. The molecule has 2 N–H and O–H groups in total. The maximum Gasteiger partial charge on any atom is 0.132 e. The molecule has 0 heterocycles. The Balaban J connectivity index is 2.24. The summed E-state index contributed by atoms with van der Waals surface area (Å²) in [7, 11) is 0. The van der Waals surface area contributed by atoms with E-state index in [4.69, 9.17) is 5.26 Å². The molecule has 0 bridgehead atoms. The number of hydrogen-bond donors (Lipinski definition) is 2. The molecule has 0 spiro atoms. The lowest BCUT2D eigenvalue weighted by molar-refractivity contribution is 0.200. The Morgan fingerprint density at radius 1 is 1.24 bits per heavy atom. The molecular weight excluding hydrogens is 274 g/mol. The molecule has 5 heteroatoms. The minimum atomic E-state index is -0.770. The van der Waals surface area contributed by atoms with Crippen molar-refractivity contribution in [2.24, 2.45) is 0 Å². The topological polar surface area (TPSA) is 56.0 Å². The summed E-state index contributed by atoms with van der Waals surface area (Å²) >= 11 is 0. The van der Waals surface area contributed by atoms with Crippen LogP contribution in [0.25, 0.3) is 0 Å². The molecular formula is C16H14F2N2O. The Labute approximate surface area is 121 Å². The van der Waals surface area contributed by atoms with Gasteiger partial charge in [0.15, 0.2) is 0 Å². The Morgan fingerprint density at radius 3 is 2.43 bits per heavy atom. The molecule has 0 fully saturated rings. The minimum Gasteiger partial charge on any atom is -0.389 e. The number of aliphatic hydroxyl groups is 1. The van der Waals surface area contributed by atoms with Crippen molar-refractivity contribution >= 4 is 5.69 Å². The summed E-state index contributed by atoms with van der Waals surface area (Å²) in [5.74, 6) is -1.54. The number of anilines is 1. The van der Waals surface area contributed by atoms with Crippen LogP contribution in [0, 0.1) is 23.0 Å². The number of aliphatic hydroxyl groups excluding tert-OH is 1. The van der Waals surface area contributed by atoms with Crippen LogP contribution in [0.4, 0.5) is 14.5 Å².